The van der Waals surface area contributed by atoms with Crippen LogP contribution in [0, 0.1) is 5.92 Å². The lowest BCUT2D eigenvalue weighted by Gasteiger charge is -2.34. The number of nitrogens with one attached hydrogen (secondary N) is 1. The summed E-state index contributed by atoms with van der Waals surface area (Å²) in [7, 11) is -3.08. The summed E-state index contributed by atoms with van der Waals surface area (Å²) in [5, 5.41) is 3.48. The molecule has 142 valence electrons. The van der Waals surface area contributed by atoms with Gasteiger partial charge in [0.2, 0.25) is 5.91 Å². The highest BCUT2D eigenvalue weighted by molar-refractivity contribution is 7.91. The summed E-state index contributed by atoms with van der Waals surface area (Å²) in [6.07, 6.45) is 1.87. The first-order valence-corrected chi connectivity index (χ1v) is 10.9. The molecule has 1 N–H and O–H groups in total. The Kier molecular flexibility index (Phi) is 5.30. The van der Waals surface area contributed by atoms with Crippen LogP contribution < -0.4 is 5.32 Å². The molecular formula is C18H23ClN2O4S. The van der Waals surface area contributed by atoms with Crippen molar-refractivity contribution in [2.24, 2.45) is 5.92 Å². The predicted octanol–water partition coefficient (Wildman–Crippen LogP) is 1.89. The van der Waals surface area contributed by atoms with Gasteiger partial charge in [-0.3, -0.25) is 9.59 Å². The van der Waals surface area contributed by atoms with Gasteiger partial charge >= 0.3 is 0 Å². The van der Waals surface area contributed by atoms with Gasteiger partial charge in [-0.2, -0.15) is 0 Å². The van der Waals surface area contributed by atoms with Gasteiger partial charge in [0, 0.05) is 23.7 Å². The van der Waals surface area contributed by atoms with Crippen molar-refractivity contribution in [3.8, 4) is 0 Å². The third kappa shape index (κ3) is 4.38. The molecule has 2 aliphatic rings. The Labute approximate surface area is 158 Å². The summed E-state index contributed by atoms with van der Waals surface area (Å²) in [5.74, 6) is -0.520. The number of piperidine rings is 1. The lowest BCUT2D eigenvalue weighted by molar-refractivity contribution is -0.127. The number of amides is 2. The number of carbonyl (C=O) groups is 2. The fraction of sp³-hybridized carbons (Fsp3) is 0.556. The highest BCUT2D eigenvalue weighted by Gasteiger charge is 2.41. The van der Waals surface area contributed by atoms with Crippen LogP contribution in [0.15, 0.2) is 24.3 Å². The van der Waals surface area contributed by atoms with E-state index in [1.165, 1.54) is 0 Å². The quantitative estimate of drug-likeness (QED) is 0.842. The molecule has 26 heavy (non-hydrogen) atoms. The first-order valence-electron chi connectivity index (χ1n) is 8.75. The van der Waals surface area contributed by atoms with Gasteiger partial charge in [0.15, 0.2) is 9.84 Å². The Morgan fingerprint density at radius 1 is 1.27 bits per heavy atom. The minimum absolute atomic E-state index is 0.0219. The van der Waals surface area contributed by atoms with Crippen LogP contribution in [0.2, 0.25) is 5.02 Å². The first-order chi connectivity index (χ1) is 12.2. The Balaban J connectivity index is 1.63. The molecule has 2 amide bonds. The van der Waals surface area contributed by atoms with E-state index in [2.05, 4.69) is 5.32 Å². The number of sulfone groups is 1. The number of hydrogen-bond acceptors (Lipinski definition) is 4. The molecule has 0 saturated carbocycles. The van der Waals surface area contributed by atoms with E-state index in [1.807, 2.05) is 0 Å². The number of carbonyl (C=O) groups excluding carboxylic acids is 2. The second-order valence-electron chi connectivity index (χ2n) is 7.49. The Morgan fingerprint density at radius 3 is 2.58 bits per heavy atom. The molecule has 2 heterocycles. The highest BCUT2D eigenvalue weighted by atomic mass is 35.5. The molecule has 8 heteroatoms. The van der Waals surface area contributed by atoms with Crippen LogP contribution in [0.3, 0.4) is 0 Å². The van der Waals surface area contributed by atoms with Gasteiger partial charge in [0.1, 0.15) is 0 Å². The fourth-order valence-corrected chi connectivity index (χ4v) is 5.88. The zero-order chi connectivity index (χ0) is 18.9. The van der Waals surface area contributed by atoms with Crippen molar-refractivity contribution in [2.45, 2.75) is 31.7 Å². The Morgan fingerprint density at radius 2 is 1.96 bits per heavy atom. The van der Waals surface area contributed by atoms with E-state index in [4.69, 9.17) is 11.6 Å². The van der Waals surface area contributed by atoms with Crippen LogP contribution in [0.4, 0.5) is 0 Å². The average molecular weight is 399 g/mol. The molecule has 0 aliphatic carbocycles. The van der Waals surface area contributed by atoms with Crippen molar-refractivity contribution in [2.75, 3.05) is 24.6 Å². The minimum Gasteiger partial charge on any atom is -0.350 e. The van der Waals surface area contributed by atoms with Gasteiger partial charge in [-0.25, -0.2) is 8.42 Å². The number of halogens is 1. The second kappa shape index (κ2) is 7.19. The van der Waals surface area contributed by atoms with E-state index in [1.54, 1.807) is 36.1 Å². The molecule has 1 aromatic rings. The zero-order valence-electron chi connectivity index (χ0n) is 14.7. The van der Waals surface area contributed by atoms with Crippen LogP contribution in [-0.2, 0) is 14.6 Å². The Hall–Kier alpha value is -1.60. The SMILES string of the molecule is C[C@@]1(NC(=O)[C@H]2CCCN(C(=O)c3ccc(Cl)cc3)C2)CCS(=O)(=O)C1. The number of likely N-dealkylation sites (tertiary alicyclic amines) is 1. The monoisotopic (exact) mass is 398 g/mol. The maximum atomic E-state index is 12.7. The summed E-state index contributed by atoms with van der Waals surface area (Å²) in [5.41, 5.74) is -0.164. The smallest absolute Gasteiger partial charge is 0.253 e. The van der Waals surface area contributed by atoms with Gasteiger partial charge in [-0.15, -0.1) is 0 Å². The molecule has 0 aromatic heterocycles. The lowest BCUT2D eigenvalue weighted by Crippen LogP contribution is -2.52. The molecule has 0 radical (unpaired) electrons. The molecule has 3 rings (SSSR count). The molecule has 2 aliphatic heterocycles. The van der Waals surface area contributed by atoms with E-state index in [0.29, 0.717) is 36.5 Å². The molecule has 0 unspecified atom stereocenters. The van der Waals surface area contributed by atoms with Crippen LogP contribution in [0.25, 0.3) is 0 Å². The molecule has 0 bridgehead atoms. The van der Waals surface area contributed by atoms with Crippen LogP contribution in [0.1, 0.15) is 36.5 Å². The Bertz CT molecular complexity index is 809. The van der Waals surface area contributed by atoms with Crippen LogP contribution in [-0.4, -0.2) is 55.3 Å². The van der Waals surface area contributed by atoms with Crippen molar-refractivity contribution in [1.29, 1.82) is 0 Å². The van der Waals surface area contributed by atoms with Gasteiger partial charge in [-0.1, -0.05) is 11.6 Å². The summed E-state index contributed by atoms with van der Waals surface area (Å²) in [4.78, 5) is 27.0. The number of rotatable bonds is 3. The van der Waals surface area contributed by atoms with Crippen molar-refractivity contribution in [3.05, 3.63) is 34.9 Å². The number of benzene rings is 1. The van der Waals surface area contributed by atoms with E-state index in [9.17, 15) is 18.0 Å². The maximum Gasteiger partial charge on any atom is 0.253 e. The number of nitrogens with zero attached hydrogens (tertiary/aromatic N) is 1. The molecule has 1 aromatic carbocycles. The van der Waals surface area contributed by atoms with Crippen LogP contribution in [0.5, 0.6) is 0 Å². The molecule has 2 saturated heterocycles. The standard InChI is InChI=1S/C18H23ClN2O4S/c1-18(8-10-26(24,25)12-18)20-16(22)14-3-2-9-21(11-14)17(23)13-4-6-15(19)7-5-13/h4-7,14H,2-3,8-12H2,1H3,(H,20,22)/t14-,18+/m0/s1. The van der Waals surface area contributed by atoms with Gasteiger partial charge in [0.05, 0.1) is 23.0 Å². The van der Waals surface area contributed by atoms with E-state index >= 15 is 0 Å². The largest absolute Gasteiger partial charge is 0.350 e. The second-order valence-corrected chi connectivity index (χ2v) is 10.1. The molecule has 6 nitrogen and oxygen atoms in total. The van der Waals surface area contributed by atoms with Crippen molar-refractivity contribution >= 4 is 33.3 Å². The predicted molar refractivity (Wildman–Crippen MR) is 99.9 cm³/mol. The average Bonchev–Trinajstić information content (AvgIpc) is 2.88. The zero-order valence-corrected chi connectivity index (χ0v) is 16.3. The molecule has 2 atom stereocenters. The summed E-state index contributed by atoms with van der Waals surface area (Å²) in [6.45, 7) is 2.72. The van der Waals surface area contributed by atoms with Crippen molar-refractivity contribution in [1.82, 2.24) is 10.2 Å². The fourth-order valence-electron chi connectivity index (χ4n) is 3.66. The lowest BCUT2D eigenvalue weighted by atomic mass is 9.94. The topological polar surface area (TPSA) is 83.6 Å². The first kappa shape index (κ1) is 19.2. The summed E-state index contributed by atoms with van der Waals surface area (Å²) in [6, 6.07) is 6.70. The van der Waals surface area contributed by atoms with Gasteiger partial charge in [-0.05, 0) is 50.5 Å². The van der Waals surface area contributed by atoms with E-state index in [0.717, 1.165) is 6.42 Å². The maximum absolute atomic E-state index is 12.7. The summed E-state index contributed by atoms with van der Waals surface area (Å²) >= 11 is 5.86. The normalized spacial score (nSPS) is 27.9. The molecule has 2 fully saturated rings. The number of hydrogen-bond donors (Lipinski definition) is 1. The van der Waals surface area contributed by atoms with Crippen molar-refractivity contribution < 1.29 is 18.0 Å². The third-order valence-electron chi connectivity index (χ3n) is 5.10. The summed E-state index contributed by atoms with van der Waals surface area (Å²) < 4.78 is 23.4. The van der Waals surface area contributed by atoms with Gasteiger partial charge in [0.25, 0.3) is 5.91 Å². The van der Waals surface area contributed by atoms with Crippen molar-refractivity contribution in [3.63, 3.8) is 0 Å². The third-order valence-corrected chi connectivity index (χ3v) is 7.25. The minimum atomic E-state index is -3.08. The van der Waals surface area contributed by atoms with Crippen LogP contribution >= 0.6 is 11.6 Å². The molecule has 0 spiro atoms. The molecular weight excluding hydrogens is 376 g/mol. The van der Waals surface area contributed by atoms with E-state index < -0.39 is 15.4 Å². The highest BCUT2D eigenvalue weighted by Crippen LogP contribution is 2.25. The van der Waals surface area contributed by atoms with E-state index in [-0.39, 0.29) is 29.2 Å². The van der Waals surface area contributed by atoms with Gasteiger partial charge < -0.3 is 10.2 Å².